The van der Waals surface area contributed by atoms with E-state index in [1.165, 1.54) is 0 Å². The molecule has 0 aliphatic carbocycles. The van der Waals surface area contributed by atoms with E-state index in [2.05, 4.69) is 10.4 Å². The van der Waals surface area contributed by atoms with Crippen molar-refractivity contribution in [2.24, 2.45) is 0 Å². The van der Waals surface area contributed by atoms with Gasteiger partial charge in [0.2, 0.25) is 5.91 Å². The highest BCUT2D eigenvalue weighted by Crippen LogP contribution is 2.20. The van der Waals surface area contributed by atoms with Gasteiger partial charge < -0.3 is 5.32 Å². The third-order valence-corrected chi connectivity index (χ3v) is 6.20. The third kappa shape index (κ3) is 4.54. The van der Waals surface area contributed by atoms with E-state index in [-0.39, 0.29) is 29.0 Å². The van der Waals surface area contributed by atoms with Gasteiger partial charge in [0.1, 0.15) is 0 Å². The van der Waals surface area contributed by atoms with E-state index in [1.807, 2.05) is 50.4 Å². The first-order valence-electron chi connectivity index (χ1n) is 8.93. The van der Waals surface area contributed by atoms with Crippen molar-refractivity contribution < 1.29 is 13.2 Å². The number of benzene rings is 2. The van der Waals surface area contributed by atoms with E-state index in [1.54, 1.807) is 22.9 Å². The maximum atomic E-state index is 12.6. The fourth-order valence-electron chi connectivity index (χ4n) is 2.88. The summed E-state index contributed by atoms with van der Waals surface area (Å²) in [5, 5.41) is 9.00. The Bertz CT molecular complexity index is 1060. The highest BCUT2D eigenvalue weighted by atomic mass is 32.2. The zero-order valence-corrected chi connectivity index (χ0v) is 16.2. The molecular weight excluding hydrogens is 362 g/mol. The minimum Gasteiger partial charge on any atom is -0.348 e. The number of nitrogens with one attached hydrogen (secondary N) is 1. The number of hydrogen-bond donors (Lipinski definition) is 1. The van der Waals surface area contributed by atoms with Crippen LogP contribution in [0.4, 0.5) is 0 Å². The summed E-state index contributed by atoms with van der Waals surface area (Å²) >= 11 is 0. The second-order valence-corrected chi connectivity index (χ2v) is 8.57. The maximum Gasteiger partial charge on any atom is 0.221 e. The standard InChI is InChI=1S/C20H23N3O3S/c1-3-23-12-10-19(22-23)15(2)21-20(24)11-13-27(25,26)18-9-8-16-6-4-5-7-17(16)14-18/h4-10,12,14-15H,3,11,13H2,1-2H3,(H,21,24). The molecule has 142 valence electrons. The molecule has 0 saturated heterocycles. The maximum absolute atomic E-state index is 12.6. The molecule has 3 aromatic rings. The van der Waals surface area contributed by atoms with Crippen LogP contribution < -0.4 is 5.32 Å². The molecule has 1 atom stereocenters. The fraction of sp³-hybridized carbons (Fsp3) is 0.300. The lowest BCUT2D eigenvalue weighted by molar-refractivity contribution is -0.121. The summed E-state index contributed by atoms with van der Waals surface area (Å²) < 4.78 is 26.9. The van der Waals surface area contributed by atoms with Crippen LogP contribution in [-0.2, 0) is 21.2 Å². The Kier molecular flexibility index (Phi) is 5.60. The van der Waals surface area contributed by atoms with Gasteiger partial charge in [-0.25, -0.2) is 8.42 Å². The summed E-state index contributed by atoms with van der Waals surface area (Å²) in [6.45, 7) is 4.57. The highest BCUT2D eigenvalue weighted by molar-refractivity contribution is 7.91. The lowest BCUT2D eigenvalue weighted by atomic mass is 10.1. The van der Waals surface area contributed by atoms with Crippen molar-refractivity contribution in [3.63, 3.8) is 0 Å². The van der Waals surface area contributed by atoms with Gasteiger partial charge in [0.05, 0.1) is 22.4 Å². The third-order valence-electron chi connectivity index (χ3n) is 4.48. The largest absolute Gasteiger partial charge is 0.348 e. The number of rotatable bonds is 7. The number of sulfone groups is 1. The zero-order chi connectivity index (χ0) is 19.4. The van der Waals surface area contributed by atoms with Gasteiger partial charge in [-0.1, -0.05) is 30.3 Å². The minimum absolute atomic E-state index is 0.0893. The van der Waals surface area contributed by atoms with Gasteiger partial charge in [-0.3, -0.25) is 9.48 Å². The number of nitrogens with zero attached hydrogens (tertiary/aromatic N) is 2. The smallest absolute Gasteiger partial charge is 0.221 e. The van der Waals surface area contributed by atoms with Crippen LogP contribution in [0.25, 0.3) is 10.8 Å². The molecule has 0 spiro atoms. The fourth-order valence-corrected chi connectivity index (χ4v) is 4.15. The predicted octanol–water partition coefficient (Wildman–Crippen LogP) is 3.10. The Morgan fingerprint density at radius 3 is 2.59 bits per heavy atom. The number of fused-ring (bicyclic) bond motifs is 1. The van der Waals surface area contributed by atoms with Gasteiger partial charge in [-0.05, 0) is 42.8 Å². The lowest BCUT2D eigenvalue weighted by Gasteiger charge is -2.12. The molecule has 1 unspecified atom stereocenters. The van der Waals surface area contributed by atoms with Crippen molar-refractivity contribution in [1.82, 2.24) is 15.1 Å². The zero-order valence-electron chi connectivity index (χ0n) is 15.4. The summed E-state index contributed by atoms with van der Waals surface area (Å²) in [6.07, 6.45) is 1.76. The van der Waals surface area contributed by atoms with Crippen LogP contribution in [0.1, 0.15) is 32.0 Å². The number of aromatic nitrogens is 2. The van der Waals surface area contributed by atoms with E-state index < -0.39 is 9.84 Å². The van der Waals surface area contributed by atoms with Gasteiger partial charge in [-0.15, -0.1) is 0 Å². The highest BCUT2D eigenvalue weighted by Gasteiger charge is 2.18. The number of carbonyl (C=O) groups is 1. The van der Waals surface area contributed by atoms with E-state index >= 15 is 0 Å². The molecule has 0 aliphatic heterocycles. The SMILES string of the molecule is CCn1ccc(C(C)NC(=O)CCS(=O)(=O)c2ccc3ccccc3c2)n1. The Balaban J connectivity index is 1.62. The molecule has 1 N–H and O–H groups in total. The number of carbonyl (C=O) groups excluding carboxylic acids is 1. The van der Waals surface area contributed by atoms with Crippen LogP contribution in [-0.4, -0.2) is 29.9 Å². The predicted molar refractivity (Wildman–Crippen MR) is 105 cm³/mol. The average Bonchev–Trinajstić information content (AvgIpc) is 3.15. The summed E-state index contributed by atoms with van der Waals surface area (Å²) in [5.74, 6) is -0.536. The monoisotopic (exact) mass is 385 g/mol. The second-order valence-electron chi connectivity index (χ2n) is 6.46. The van der Waals surface area contributed by atoms with Crippen LogP contribution in [0.15, 0.2) is 59.6 Å². The summed E-state index contributed by atoms with van der Waals surface area (Å²) in [6, 6.07) is 14.2. The lowest BCUT2D eigenvalue weighted by Crippen LogP contribution is -2.28. The molecule has 3 rings (SSSR count). The Hall–Kier alpha value is -2.67. The van der Waals surface area contributed by atoms with Crippen molar-refractivity contribution >= 4 is 26.5 Å². The van der Waals surface area contributed by atoms with E-state index in [0.29, 0.717) is 0 Å². The van der Waals surface area contributed by atoms with Crippen LogP contribution in [0.2, 0.25) is 0 Å². The molecule has 6 nitrogen and oxygen atoms in total. The average molecular weight is 385 g/mol. The minimum atomic E-state index is -3.53. The second kappa shape index (κ2) is 7.92. The molecule has 1 heterocycles. The van der Waals surface area contributed by atoms with E-state index in [9.17, 15) is 13.2 Å². The van der Waals surface area contributed by atoms with Crippen molar-refractivity contribution in [1.29, 1.82) is 0 Å². The molecule has 27 heavy (non-hydrogen) atoms. The Morgan fingerprint density at radius 1 is 1.15 bits per heavy atom. The van der Waals surface area contributed by atoms with Crippen molar-refractivity contribution in [2.75, 3.05) is 5.75 Å². The van der Waals surface area contributed by atoms with Gasteiger partial charge in [0.15, 0.2) is 9.84 Å². The van der Waals surface area contributed by atoms with E-state index in [4.69, 9.17) is 0 Å². The van der Waals surface area contributed by atoms with Crippen LogP contribution in [0.5, 0.6) is 0 Å². The van der Waals surface area contributed by atoms with Gasteiger partial charge in [-0.2, -0.15) is 5.10 Å². The van der Waals surface area contributed by atoms with Crippen molar-refractivity contribution in [2.45, 2.75) is 37.8 Å². The molecule has 0 bridgehead atoms. The van der Waals surface area contributed by atoms with Crippen LogP contribution in [0.3, 0.4) is 0 Å². The molecule has 0 saturated carbocycles. The summed E-state index contributed by atoms with van der Waals surface area (Å²) in [4.78, 5) is 12.4. The first kappa shape index (κ1) is 19.1. The first-order chi connectivity index (χ1) is 12.9. The summed E-state index contributed by atoms with van der Waals surface area (Å²) in [7, 11) is -3.53. The topological polar surface area (TPSA) is 81.1 Å². The first-order valence-corrected chi connectivity index (χ1v) is 10.6. The Morgan fingerprint density at radius 2 is 1.89 bits per heavy atom. The molecule has 1 aromatic heterocycles. The Labute approximate surface area is 159 Å². The molecule has 2 aromatic carbocycles. The van der Waals surface area contributed by atoms with Gasteiger partial charge in [0, 0.05) is 19.2 Å². The van der Waals surface area contributed by atoms with Crippen LogP contribution >= 0.6 is 0 Å². The molecule has 0 aliphatic rings. The van der Waals surface area contributed by atoms with Crippen molar-refractivity contribution in [3.05, 3.63) is 60.4 Å². The number of aryl methyl sites for hydroxylation is 1. The quantitative estimate of drug-likeness (QED) is 0.678. The molecule has 1 amide bonds. The molecule has 0 radical (unpaired) electrons. The van der Waals surface area contributed by atoms with Gasteiger partial charge in [0.25, 0.3) is 0 Å². The van der Waals surface area contributed by atoms with Gasteiger partial charge >= 0.3 is 0 Å². The van der Waals surface area contributed by atoms with E-state index in [0.717, 1.165) is 23.0 Å². The molecular formula is C20H23N3O3S. The molecule has 0 fully saturated rings. The number of hydrogen-bond acceptors (Lipinski definition) is 4. The molecule has 7 heteroatoms. The van der Waals surface area contributed by atoms with Crippen molar-refractivity contribution in [3.8, 4) is 0 Å². The summed E-state index contributed by atoms with van der Waals surface area (Å²) in [5.41, 5.74) is 0.752. The normalized spacial score (nSPS) is 12.8. The number of amides is 1. The van der Waals surface area contributed by atoms with Crippen LogP contribution in [0, 0.1) is 0 Å².